The third kappa shape index (κ3) is 6.19. The second-order valence-corrected chi connectivity index (χ2v) is 3.24. The number of rotatable bonds is 0. The number of nitrogens with zero attached hydrogens (tertiary/aromatic N) is 1. The van der Waals surface area contributed by atoms with Crippen LogP contribution in [0.4, 0.5) is 0 Å². The molecule has 0 bridgehead atoms. The Morgan fingerprint density at radius 2 is 1.44 bits per heavy atom. The van der Waals surface area contributed by atoms with E-state index in [1.54, 1.807) is 11.8 Å². The quantitative estimate of drug-likeness (QED) is 0.513. The SMILES string of the molecule is CN1CCCC1.CSC. The van der Waals surface area contributed by atoms with E-state index in [9.17, 15) is 0 Å². The Balaban J connectivity index is 0.000000187. The number of likely N-dealkylation sites (tertiary alicyclic amines) is 1. The predicted octanol–water partition coefficient (Wildman–Crippen LogP) is 1.69. The molecule has 0 spiro atoms. The number of thioether (sulfide) groups is 1. The zero-order valence-electron chi connectivity index (χ0n) is 6.68. The molecule has 1 rings (SSSR count). The summed E-state index contributed by atoms with van der Waals surface area (Å²) in [6.07, 6.45) is 6.91. The molecular weight excluding hydrogens is 130 g/mol. The van der Waals surface area contributed by atoms with Crippen molar-refractivity contribution in [3.05, 3.63) is 0 Å². The van der Waals surface area contributed by atoms with E-state index >= 15 is 0 Å². The molecule has 0 aromatic heterocycles. The van der Waals surface area contributed by atoms with E-state index in [1.165, 1.54) is 25.9 Å². The zero-order valence-corrected chi connectivity index (χ0v) is 7.50. The van der Waals surface area contributed by atoms with Gasteiger partial charge in [0.15, 0.2) is 0 Å². The van der Waals surface area contributed by atoms with Gasteiger partial charge in [0.05, 0.1) is 0 Å². The molecule has 1 aliphatic rings. The summed E-state index contributed by atoms with van der Waals surface area (Å²) in [6.45, 7) is 2.64. The summed E-state index contributed by atoms with van der Waals surface area (Å²) in [5.74, 6) is 0. The molecule has 0 atom stereocenters. The van der Waals surface area contributed by atoms with E-state index in [4.69, 9.17) is 0 Å². The second-order valence-electron chi connectivity index (χ2n) is 2.42. The normalized spacial score (nSPS) is 19.0. The molecule has 0 unspecified atom stereocenters. The Bertz CT molecular complexity index is 50.9. The van der Waals surface area contributed by atoms with Gasteiger partial charge in [-0.25, -0.2) is 0 Å². The highest BCUT2D eigenvalue weighted by atomic mass is 32.2. The molecule has 0 aliphatic carbocycles. The summed E-state index contributed by atoms with van der Waals surface area (Å²) in [6, 6.07) is 0. The maximum Gasteiger partial charge on any atom is -0.00213 e. The first-order chi connectivity index (χ1) is 4.31. The Morgan fingerprint density at radius 3 is 1.56 bits per heavy atom. The highest BCUT2D eigenvalue weighted by Gasteiger charge is 2.03. The van der Waals surface area contributed by atoms with Gasteiger partial charge in [0.25, 0.3) is 0 Å². The summed E-state index contributed by atoms with van der Waals surface area (Å²) < 4.78 is 0. The van der Waals surface area contributed by atoms with Crippen LogP contribution in [-0.2, 0) is 0 Å². The molecule has 1 nitrogen and oxygen atoms in total. The molecule has 0 aromatic carbocycles. The fourth-order valence-electron chi connectivity index (χ4n) is 0.875. The molecule has 0 amide bonds. The van der Waals surface area contributed by atoms with Crippen LogP contribution < -0.4 is 0 Å². The van der Waals surface area contributed by atoms with Gasteiger partial charge in [-0.3, -0.25) is 0 Å². The molecule has 0 aromatic rings. The van der Waals surface area contributed by atoms with Crippen molar-refractivity contribution in [2.75, 3.05) is 32.6 Å². The number of hydrogen-bond donors (Lipinski definition) is 0. The van der Waals surface area contributed by atoms with Crippen LogP contribution in [-0.4, -0.2) is 37.5 Å². The molecule has 1 aliphatic heterocycles. The van der Waals surface area contributed by atoms with Crippen LogP contribution in [0.2, 0.25) is 0 Å². The van der Waals surface area contributed by atoms with Crippen molar-refractivity contribution in [2.24, 2.45) is 0 Å². The van der Waals surface area contributed by atoms with Crippen LogP contribution in [0.5, 0.6) is 0 Å². The zero-order chi connectivity index (χ0) is 7.11. The topological polar surface area (TPSA) is 3.24 Å². The fraction of sp³-hybridized carbons (Fsp3) is 1.00. The molecule has 0 N–H and O–H groups in total. The van der Waals surface area contributed by atoms with E-state index in [0.29, 0.717) is 0 Å². The molecule has 56 valence electrons. The summed E-state index contributed by atoms with van der Waals surface area (Å²) in [7, 11) is 2.17. The van der Waals surface area contributed by atoms with Gasteiger partial charge < -0.3 is 4.90 Å². The lowest BCUT2D eigenvalue weighted by Gasteiger charge is -2.01. The summed E-state index contributed by atoms with van der Waals surface area (Å²) >= 11 is 1.75. The molecule has 2 heteroatoms. The molecule has 1 saturated heterocycles. The van der Waals surface area contributed by atoms with Gasteiger partial charge in [-0.2, -0.15) is 11.8 Å². The first-order valence-corrected chi connectivity index (χ1v) is 5.03. The van der Waals surface area contributed by atoms with Crippen molar-refractivity contribution in [3.8, 4) is 0 Å². The fourth-order valence-corrected chi connectivity index (χ4v) is 0.875. The maximum atomic E-state index is 2.36. The van der Waals surface area contributed by atoms with Gasteiger partial charge in [-0.05, 0) is 45.5 Å². The molecular formula is C7H17NS. The van der Waals surface area contributed by atoms with Crippen molar-refractivity contribution >= 4 is 11.8 Å². The molecule has 9 heavy (non-hydrogen) atoms. The summed E-state index contributed by atoms with van der Waals surface area (Å²) in [5.41, 5.74) is 0. The Hall–Kier alpha value is 0.310. The minimum Gasteiger partial charge on any atom is -0.306 e. The van der Waals surface area contributed by atoms with Crippen LogP contribution in [0.1, 0.15) is 12.8 Å². The van der Waals surface area contributed by atoms with Crippen LogP contribution in [0, 0.1) is 0 Å². The van der Waals surface area contributed by atoms with E-state index in [2.05, 4.69) is 11.9 Å². The first-order valence-electron chi connectivity index (χ1n) is 3.40. The summed E-state index contributed by atoms with van der Waals surface area (Å²) in [4.78, 5) is 2.36. The van der Waals surface area contributed by atoms with Gasteiger partial charge in [-0.15, -0.1) is 0 Å². The molecule has 1 heterocycles. The minimum atomic E-state index is 1.32. The largest absolute Gasteiger partial charge is 0.306 e. The van der Waals surface area contributed by atoms with Gasteiger partial charge >= 0.3 is 0 Å². The van der Waals surface area contributed by atoms with Crippen molar-refractivity contribution in [2.45, 2.75) is 12.8 Å². The third-order valence-electron chi connectivity index (χ3n) is 1.33. The standard InChI is InChI=1S/C5H11N.C2H6S/c1-6-4-2-3-5-6;1-3-2/h2-5H2,1H3;1-2H3. The van der Waals surface area contributed by atoms with E-state index in [1.807, 2.05) is 12.5 Å². The first kappa shape index (κ1) is 9.31. The van der Waals surface area contributed by atoms with Gasteiger partial charge in [-0.1, -0.05) is 0 Å². The lowest BCUT2D eigenvalue weighted by atomic mass is 10.4. The summed E-state index contributed by atoms with van der Waals surface area (Å²) in [5, 5.41) is 0. The van der Waals surface area contributed by atoms with Crippen molar-refractivity contribution in [3.63, 3.8) is 0 Å². The van der Waals surface area contributed by atoms with Crippen molar-refractivity contribution in [1.82, 2.24) is 4.90 Å². The lowest BCUT2D eigenvalue weighted by molar-refractivity contribution is 0.418. The van der Waals surface area contributed by atoms with E-state index < -0.39 is 0 Å². The van der Waals surface area contributed by atoms with Crippen LogP contribution >= 0.6 is 11.8 Å². The van der Waals surface area contributed by atoms with Crippen LogP contribution in [0.25, 0.3) is 0 Å². The predicted molar refractivity (Wildman–Crippen MR) is 46.2 cm³/mol. The van der Waals surface area contributed by atoms with Gasteiger partial charge in [0.1, 0.15) is 0 Å². The monoisotopic (exact) mass is 147 g/mol. The third-order valence-corrected chi connectivity index (χ3v) is 1.33. The Kier molecular flexibility index (Phi) is 6.65. The maximum absolute atomic E-state index is 2.36. The van der Waals surface area contributed by atoms with Crippen LogP contribution in [0.3, 0.4) is 0 Å². The Morgan fingerprint density at radius 1 is 1.11 bits per heavy atom. The van der Waals surface area contributed by atoms with Gasteiger partial charge in [0, 0.05) is 0 Å². The van der Waals surface area contributed by atoms with Crippen LogP contribution in [0.15, 0.2) is 0 Å². The highest BCUT2D eigenvalue weighted by molar-refractivity contribution is 7.97. The molecule has 0 radical (unpaired) electrons. The molecule has 0 saturated carbocycles. The van der Waals surface area contributed by atoms with E-state index in [-0.39, 0.29) is 0 Å². The lowest BCUT2D eigenvalue weighted by Crippen LogP contribution is -2.10. The van der Waals surface area contributed by atoms with Crippen molar-refractivity contribution < 1.29 is 0 Å². The number of hydrogen-bond acceptors (Lipinski definition) is 2. The average Bonchev–Trinajstić information content (AvgIpc) is 2.20. The second kappa shape index (κ2) is 6.43. The average molecular weight is 147 g/mol. The van der Waals surface area contributed by atoms with E-state index in [0.717, 1.165) is 0 Å². The molecule has 1 fully saturated rings. The van der Waals surface area contributed by atoms with Gasteiger partial charge in [0.2, 0.25) is 0 Å². The smallest absolute Gasteiger partial charge is 0.00213 e. The Labute approximate surface area is 62.8 Å². The van der Waals surface area contributed by atoms with Crippen molar-refractivity contribution in [1.29, 1.82) is 0 Å². The highest BCUT2D eigenvalue weighted by Crippen LogP contribution is 2.01. The minimum absolute atomic E-state index is 1.32.